The highest BCUT2D eigenvalue weighted by atomic mass is 127. The van der Waals surface area contributed by atoms with E-state index >= 15 is 0 Å². The summed E-state index contributed by atoms with van der Waals surface area (Å²) in [5, 5.41) is 0. The number of rotatable bonds is 4. The van der Waals surface area contributed by atoms with Crippen LogP contribution < -0.4 is 4.74 Å². The van der Waals surface area contributed by atoms with E-state index in [0.29, 0.717) is 5.75 Å². The third kappa shape index (κ3) is 5.68. The minimum atomic E-state index is -0.375. The molecular formula is C13H11IO4. The molecule has 94 valence electrons. The molecule has 0 unspecified atom stereocenters. The summed E-state index contributed by atoms with van der Waals surface area (Å²) in [7, 11) is 0. The Balaban J connectivity index is 2.49. The van der Waals surface area contributed by atoms with Gasteiger partial charge in [0.2, 0.25) is 0 Å². The summed E-state index contributed by atoms with van der Waals surface area (Å²) in [5.74, 6) is 2.37. The average molecular weight is 358 g/mol. The molecule has 1 aromatic rings. The van der Waals surface area contributed by atoms with Crippen LogP contribution in [0.3, 0.4) is 0 Å². The van der Waals surface area contributed by atoms with Gasteiger partial charge in [-0.1, -0.05) is 18.1 Å². The van der Waals surface area contributed by atoms with Crippen molar-refractivity contribution in [1.29, 1.82) is 0 Å². The van der Waals surface area contributed by atoms with E-state index in [1.54, 1.807) is 24.3 Å². The zero-order valence-electron chi connectivity index (χ0n) is 9.73. The first kappa shape index (κ1) is 14.5. The van der Waals surface area contributed by atoms with Gasteiger partial charge in [0.15, 0.2) is 6.61 Å². The van der Waals surface area contributed by atoms with Gasteiger partial charge >= 0.3 is 11.9 Å². The molecule has 0 heterocycles. The topological polar surface area (TPSA) is 52.6 Å². The molecule has 0 spiro atoms. The first-order valence-electron chi connectivity index (χ1n) is 5.13. The lowest BCUT2D eigenvalue weighted by molar-refractivity contribution is -0.141. The van der Waals surface area contributed by atoms with Crippen molar-refractivity contribution < 1.29 is 19.1 Å². The molecule has 0 N–H and O–H groups in total. The van der Waals surface area contributed by atoms with Gasteiger partial charge in [0.1, 0.15) is 5.75 Å². The quantitative estimate of drug-likeness (QED) is 0.358. The number of hydrogen-bond acceptors (Lipinski definition) is 4. The number of hydrogen-bond donors (Lipinski definition) is 0. The van der Waals surface area contributed by atoms with Gasteiger partial charge in [0.05, 0.1) is 6.42 Å². The zero-order chi connectivity index (χ0) is 13.4. The molecule has 0 saturated heterocycles. The van der Waals surface area contributed by atoms with Gasteiger partial charge in [0, 0.05) is 29.5 Å². The van der Waals surface area contributed by atoms with Gasteiger partial charge in [-0.3, -0.25) is 9.59 Å². The van der Waals surface area contributed by atoms with E-state index in [1.807, 2.05) is 22.6 Å². The summed E-state index contributed by atoms with van der Waals surface area (Å²) in [6.45, 7) is 1.44. The molecular weight excluding hydrogens is 347 g/mol. The summed E-state index contributed by atoms with van der Waals surface area (Å²) in [4.78, 5) is 22.1. The third-order valence-corrected chi connectivity index (χ3v) is 2.29. The van der Waals surface area contributed by atoms with E-state index in [-0.39, 0.29) is 25.0 Å². The van der Waals surface area contributed by atoms with E-state index in [0.717, 1.165) is 5.56 Å². The van der Waals surface area contributed by atoms with E-state index in [2.05, 4.69) is 9.85 Å². The second kappa shape index (κ2) is 7.71. The molecule has 1 rings (SSSR count). The standard InChI is InChI=1S/C13H11IO4/c1-10(15)18-12-5-3-11(4-6-12)9-13(16)17-8-2-7-14/h3-6H,8-9H2,1H3. The lowest BCUT2D eigenvalue weighted by Crippen LogP contribution is -2.08. The Hall–Kier alpha value is -1.55. The Labute approximate surface area is 119 Å². The summed E-state index contributed by atoms with van der Waals surface area (Å²) in [5.41, 5.74) is 0.790. The van der Waals surface area contributed by atoms with Gasteiger partial charge in [-0.25, -0.2) is 0 Å². The minimum absolute atomic E-state index is 0.104. The summed E-state index contributed by atoms with van der Waals surface area (Å²) in [6, 6.07) is 6.69. The fourth-order valence-corrected chi connectivity index (χ4v) is 1.36. The maximum absolute atomic E-state index is 11.4. The van der Waals surface area contributed by atoms with Crippen LogP contribution in [0.2, 0.25) is 0 Å². The summed E-state index contributed by atoms with van der Waals surface area (Å²) in [6.07, 6.45) is 0.170. The van der Waals surface area contributed by atoms with Crippen LogP contribution >= 0.6 is 22.6 Å². The number of carbonyl (C=O) groups is 2. The van der Waals surface area contributed by atoms with Crippen LogP contribution in [0.1, 0.15) is 12.5 Å². The number of carbonyl (C=O) groups excluding carboxylic acids is 2. The fourth-order valence-electron chi connectivity index (χ4n) is 1.20. The highest BCUT2D eigenvalue weighted by Crippen LogP contribution is 2.13. The van der Waals surface area contributed by atoms with E-state index in [1.165, 1.54) is 6.92 Å². The molecule has 18 heavy (non-hydrogen) atoms. The lowest BCUT2D eigenvalue weighted by atomic mass is 10.1. The number of benzene rings is 1. The largest absolute Gasteiger partial charge is 0.452 e. The molecule has 0 amide bonds. The Bertz CT molecular complexity index is 482. The van der Waals surface area contributed by atoms with Crippen molar-refractivity contribution in [3.05, 3.63) is 29.8 Å². The average Bonchev–Trinajstić information content (AvgIpc) is 2.31. The van der Waals surface area contributed by atoms with Crippen molar-refractivity contribution in [3.8, 4) is 15.6 Å². The first-order chi connectivity index (χ1) is 8.61. The molecule has 0 fully saturated rings. The molecule has 0 atom stereocenters. The Morgan fingerprint density at radius 2 is 1.94 bits per heavy atom. The van der Waals surface area contributed by atoms with Crippen LogP contribution in [-0.2, 0) is 20.7 Å². The van der Waals surface area contributed by atoms with Crippen LogP contribution in [0.15, 0.2) is 24.3 Å². The number of esters is 2. The number of ether oxygens (including phenoxy) is 2. The monoisotopic (exact) mass is 358 g/mol. The normalized spacial score (nSPS) is 9.00. The molecule has 0 bridgehead atoms. The second-order valence-electron chi connectivity index (χ2n) is 3.35. The molecule has 1 aromatic carbocycles. The smallest absolute Gasteiger partial charge is 0.311 e. The van der Waals surface area contributed by atoms with Gasteiger partial charge in [0.25, 0.3) is 0 Å². The van der Waals surface area contributed by atoms with Crippen molar-refractivity contribution in [2.24, 2.45) is 0 Å². The molecule has 0 aliphatic rings. The van der Waals surface area contributed by atoms with Crippen molar-refractivity contribution in [1.82, 2.24) is 0 Å². The molecule has 0 saturated carbocycles. The molecule has 4 nitrogen and oxygen atoms in total. The molecule has 0 aliphatic heterocycles. The van der Waals surface area contributed by atoms with E-state index < -0.39 is 0 Å². The van der Waals surface area contributed by atoms with Gasteiger partial charge < -0.3 is 9.47 Å². The second-order valence-corrected chi connectivity index (χ2v) is 3.89. The van der Waals surface area contributed by atoms with Crippen LogP contribution in [0.5, 0.6) is 5.75 Å². The van der Waals surface area contributed by atoms with Gasteiger partial charge in [-0.15, -0.1) is 0 Å². The Morgan fingerprint density at radius 3 is 2.50 bits per heavy atom. The van der Waals surface area contributed by atoms with Crippen molar-refractivity contribution in [2.75, 3.05) is 6.61 Å². The lowest BCUT2D eigenvalue weighted by Gasteiger charge is -2.03. The van der Waals surface area contributed by atoms with E-state index in [4.69, 9.17) is 9.47 Å². The Kier molecular flexibility index (Phi) is 6.22. The summed E-state index contributed by atoms with van der Waals surface area (Å²) < 4.78 is 12.4. The fraction of sp³-hybridized carbons (Fsp3) is 0.231. The first-order valence-corrected chi connectivity index (χ1v) is 6.21. The maximum atomic E-state index is 11.4. The predicted octanol–water partition coefficient (Wildman–Crippen LogP) is 2.09. The molecule has 0 aliphatic carbocycles. The van der Waals surface area contributed by atoms with Gasteiger partial charge in [-0.2, -0.15) is 0 Å². The van der Waals surface area contributed by atoms with E-state index in [9.17, 15) is 9.59 Å². The highest BCUT2D eigenvalue weighted by molar-refractivity contribution is 14.1. The SMILES string of the molecule is CC(=O)Oc1ccc(CC(=O)OCC#CI)cc1. The molecule has 0 aromatic heterocycles. The van der Waals surface area contributed by atoms with Gasteiger partial charge in [-0.05, 0) is 21.6 Å². The highest BCUT2D eigenvalue weighted by Gasteiger charge is 2.05. The molecule has 0 radical (unpaired) electrons. The predicted molar refractivity (Wildman–Crippen MR) is 74.2 cm³/mol. The number of halogens is 1. The third-order valence-electron chi connectivity index (χ3n) is 1.91. The van der Waals surface area contributed by atoms with Crippen molar-refractivity contribution >= 4 is 34.5 Å². The minimum Gasteiger partial charge on any atom is -0.452 e. The van der Waals surface area contributed by atoms with Crippen LogP contribution in [0.25, 0.3) is 0 Å². The van der Waals surface area contributed by atoms with Crippen LogP contribution in [0, 0.1) is 9.85 Å². The van der Waals surface area contributed by atoms with Crippen LogP contribution in [-0.4, -0.2) is 18.5 Å². The zero-order valence-corrected chi connectivity index (χ0v) is 11.9. The van der Waals surface area contributed by atoms with Crippen molar-refractivity contribution in [2.45, 2.75) is 13.3 Å². The van der Waals surface area contributed by atoms with Crippen molar-refractivity contribution in [3.63, 3.8) is 0 Å². The maximum Gasteiger partial charge on any atom is 0.311 e. The Morgan fingerprint density at radius 1 is 1.28 bits per heavy atom. The van der Waals surface area contributed by atoms with Crippen LogP contribution in [0.4, 0.5) is 0 Å². The summed E-state index contributed by atoms with van der Waals surface area (Å²) >= 11 is 1.88. The molecule has 5 heteroatoms.